The summed E-state index contributed by atoms with van der Waals surface area (Å²) in [6.07, 6.45) is 3.64. The third-order valence-electron chi connectivity index (χ3n) is 3.48. The lowest BCUT2D eigenvalue weighted by molar-refractivity contribution is -0.129. The van der Waals surface area contributed by atoms with Crippen LogP contribution in [0.4, 0.5) is 0 Å². The van der Waals surface area contributed by atoms with Crippen LogP contribution in [0.2, 0.25) is 0 Å². The van der Waals surface area contributed by atoms with Crippen LogP contribution in [0.3, 0.4) is 0 Å². The molecule has 0 saturated carbocycles. The van der Waals surface area contributed by atoms with Crippen LogP contribution in [0, 0.1) is 13.8 Å². The van der Waals surface area contributed by atoms with Gasteiger partial charge < -0.3 is 4.90 Å². The number of likely N-dealkylation sites (N-methyl/N-ethyl adjacent to an activating group) is 1. The van der Waals surface area contributed by atoms with Crippen LogP contribution < -0.4 is 0 Å². The first kappa shape index (κ1) is 16.0. The van der Waals surface area contributed by atoms with E-state index in [0.717, 1.165) is 31.4 Å². The van der Waals surface area contributed by atoms with Crippen LogP contribution in [-0.2, 0) is 11.2 Å². The minimum atomic E-state index is 0.189. The molecular weight excluding hydrogens is 258 g/mol. The molecule has 0 aliphatic carbocycles. The summed E-state index contributed by atoms with van der Waals surface area (Å²) in [7, 11) is 1.88. The fourth-order valence-corrected chi connectivity index (χ4v) is 2.16. The highest BCUT2D eigenvalue weighted by atomic mass is 35.5. The molecule has 2 nitrogen and oxygen atoms in total. The Hall–Kier alpha value is -1.02. The van der Waals surface area contributed by atoms with Crippen LogP contribution in [0.1, 0.15) is 36.0 Å². The van der Waals surface area contributed by atoms with E-state index in [1.54, 1.807) is 0 Å². The number of carbonyl (C=O) groups excluding carboxylic acids is 1. The lowest BCUT2D eigenvalue weighted by Gasteiger charge is -2.17. The average molecular weight is 282 g/mol. The predicted molar refractivity (Wildman–Crippen MR) is 81.8 cm³/mol. The van der Waals surface area contributed by atoms with Crippen molar-refractivity contribution in [2.75, 3.05) is 19.5 Å². The molecule has 0 aliphatic heterocycles. The van der Waals surface area contributed by atoms with Gasteiger partial charge in [-0.1, -0.05) is 24.6 Å². The predicted octanol–water partition coefficient (Wildman–Crippen LogP) is 3.71. The van der Waals surface area contributed by atoms with Crippen molar-refractivity contribution in [2.45, 2.75) is 39.5 Å². The molecule has 0 radical (unpaired) electrons. The van der Waals surface area contributed by atoms with Gasteiger partial charge in [-0.05, 0) is 43.4 Å². The average Bonchev–Trinajstić information content (AvgIpc) is 2.38. The van der Waals surface area contributed by atoms with Gasteiger partial charge in [-0.2, -0.15) is 0 Å². The Morgan fingerprint density at radius 1 is 1.16 bits per heavy atom. The number of alkyl halides is 1. The van der Waals surface area contributed by atoms with Gasteiger partial charge in [-0.3, -0.25) is 4.79 Å². The van der Waals surface area contributed by atoms with E-state index in [1.165, 1.54) is 11.1 Å². The molecule has 0 bridgehead atoms. The quantitative estimate of drug-likeness (QED) is 0.551. The zero-order valence-electron chi connectivity index (χ0n) is 12.2. The molecule has 106 valence electrons. The molecule has 0 unspecified atom stereocenters. The molecule has 0 aliphatic rings. The first-order chi connectivity index (χ1) is 9.04. The number of amides is 1. The third-order valence-corrected chi connectivity index (χ3v) is 3.75. The Balaban J connectivity index is 2.42. The van der Waals surface area contributed by atoms with E-state index in [0.29, 0.717) is 12.3 Å². The van der Waals surface area contributed by atoms with Gasteiger partial charge in [0.25, 0.3) is 0 Å². The molecule has 0 heterocycles. The molecule has 3 heteroatoms. The van der Waals surface area contributed by atoms with E-state index in [1.807, 2.05) is 18.0 Å². The van der Waals surface area contributed by atoms with Gasteiger partial charge in [0.05, 0.1) is 6.42 Å². The normalized spacial score (nSPS) is 10.5. The van der Waals surface area contributed by atoms with E-state index < -0.39 is 0 Å². The summed E-state index contributed by atoms with van der Waals surface area (Å²) < 4.78 is 0. The zero-order chi connectivity index (χ0) is 14.3. The van der Waals surface area contributed by atoms with Gasteiger partial charge in [0.1, 0.15) is 0 Å². The van der Waals surface area contributed by atoms with Gasteiger partial charge >= 0.3 is 0 Å². The molecule has 0 fully saturated rings. The Labute approximate surface area is 121 Å². The summed E-state index contributed by atoms with van der Waals surface area (Å²) >= 11 is 5.63. The zero-order valence-corrected chi connectivity index (χ0v) is 13.0. The van der Waals surface area contributed by atoms with Crippen molar-refractivity contribution >= 4 is 17.5 Å². The number of halogens is 1. The number of hydrogen-bond acceptors (Lipinski definition) is 1. The Morgan fingerprint density at radius 2 is 1.89 bits per heavy atom. The summed E-state index contributed by atoms with van der Waals surface area (Å²) in [5.74, 6) is 0.898. The first-order valence-corrected chi connectivity index (χ1v) is 7.44. The fraction of sp³-hybridized carbons (Fsp3) is 0.562. The topological polar surface area (TPSA) is 20.3 Å². The van der Waals surface area contributed by atoms with Gasteiger partial charge in [0, 0.05) is 19.5 Å². The van der Waals surface area contributed by atoms with Gasteiger partial charge in [0.2, 0.25) is 5.91 Å². The first-order valence-electron chi connectivity index (χ1n) is 6.90. The van der Waals surface area contributed by atoms with Crippen molar-refractivity contribution in [1.82, 2.24) is 4.90 Å². The molecule has 1 amide bonds. The second-order valence-electron chi connectivity index (χ2n) is 5.16. The van der Waals surface area contributed by atoms with Crippen molar-refractivity contribution < 1.29 is 4.79 Å². The minimum Gasteiger partial charge on any atom is -0.345 e. The molecule has 0 saturated heterocycles. The molecule has 0 spiro atoms. The number of benzene rings is 1. The van der Waals surface area contributed by atoms with Crippen molar-refractivity contribution in [3.63, 3.8) is 0 Å². The molecule has 1 aromatic rings. The van der Waals surface area contributed by atoms with Crippen LogP contribution in [0.25, 0.3) is 0 Å². The number of rotatable bonds is 7. The van der Waals surface area contributed by atoms with Crippen molar-refractivity contribution in [1.29, 1.82) is 0 Å². The van der Waals surface area contributed by atoms with E-state index >= 15 is 0 Å². The Kier molecular flexibility index (Phi) is 6.93. The van der Waals surface area contributed by atoms with E-state index in [9.17, 15) is 4.79 Å². The SMILES string of the molecule is Cc1ccc(CC(=O)N(C)CCCCCCl)cc1C. The monoisotopic (exact) mass is 281 g/mol. The highest BCUT2D eigenvalue weighted by molar-refractivity contribution is 6.17. The third kappa shape index (κ3) is 5.65. The van der Waals surface area contributed by atoms with Crippen molar-refractivity contribution in [3.8, 4) is 0 Å². The summed E-state index contributed by atoms with van der Waals surface area (Å²) in [4.78, 5) is 13.9. The fourth-order valence-electron chi connectivity index (χ4n) is 1.97. The summed E-state index contributed by atoms with van der Waals surface area (Å²) in [5.41, 5.74) is 3.61. The maximum Gasteiger partial charge on any atom is 0.226 e. The molecule has 19 heavy (non-hydrogen) atoms. The number of nitrogens with zero attached hydrogens (tertiary/aromatic N) is 1. The van der Waals surface area contributed by atoms with Crippen LogP contribution in [-0.4, -0.2) is 30.3 Å². The summed E-state index contributed by atoms with van der Waals surface area (Å²) in [6.45, 7) is 4.99. The smallest absolute Gasteiger partial charge is 0.226 e. The lowest BCUT2D eigenvalue weighted by Crippen LogP contribution is -2.29. The molecule has 0 atom stereocenters. The second kappa shape index (κ2) is 8.21. The minimum absolute atomic E-state index is 0.189. The maximum atomic E-state index is 12.1. The number of aryl methyl sites for hydroxylation is 2. The maximum absolute atomic E-state index is 12.1. The van der Waals surface area contributed by atoms with Gasteiger partial charge in [0.15, 0.2) is 0 Å². The number of hydrogen-bond donors (Lipinski definition) is 0. The van der Waals surface area contributed by atoms with Crippen molar-refractivity contribution in [3.05, 3.63) is 34.9 Å². The van der Waals surface area contributed by atoms with E-state index in [4.69, 9.17) is 11.6 Å². The summed E-state index contributed by atoms with van der Waals surface area (Å²) in [6, 6.07) is 6.23. The van der Waals surface area contributed by atoms with Crippen LogP contribution >= 0.6 is 11.6 Å². The van der Waals surface area contributed by atoms with E-state index in [-0.39, 0.29) is 5.91 Å². The van der Waals surface area contributed by atoms with Gasteiger partial charge in [-0.25, -0.2) is 0 Å². The molecule has 0 aromatic heterocycles. The van der Waals surface area contributed by atoms with Crippen LogP contribution in [0.15, 0.2) is 18.2 Å². The number of unbranched alkanes of at least 4 members (excludes halogenated alkanes) is 2. The lowest BCUT2D eigenvalue weighted by atomic mass is 10.0. The standard InChI is InChI=1S/C16H24ClNO/c1-13-7-8-15(11-14(13)2)12-16(19)18(3)10-6-4-5-9-17/h7-8,11H,4-6,9-10,12H2,1-3H3. The summed E-state index contributed by atoms with van der Waals surface area (Å²) in [5, 5.41) is 0. The Bertz CT molecular complexity index is 417. The highest BCUT2D eigenvalue weighted by Gasteiger charge is 2.09. The van der Waals surface area contributed by atoms with E-state index in [2.05, 4.69) is 26.0 Å². The van der Waals surface area contributed by atoms with Crippen LogP contribution in [0.5, 0.6) is 0 Å². The highest BCUT2D eigenvalue weighted by Crippen LogP contribution is 2.11. The second-order valence-corrected chi connectivity index (χ2v) is 5.54. The molecular formula is C16H24ClNO. The van der Waals surface area contributed by atoms with Gasteiger partial charge in [-0.15, -0.1) is 11.6 Å². The molecule has 1 aromatic carbocycles. The largest absolute Gasteiger partial charge is 0.345 e. The van der Waals surface area contributed by atoms with Crippen molar-refractivity contribution in [2.24, 2.45) is 0 Å². The molecule has 1 rings (SSSR count). The molecule has 0 N–H and O–H groups in total. The Morgan fingerprint density at radius 3 is 2.53 bits per heavy atom. The number of carbonyl (C=O) groups is 1.